The van der Waals surface area contributed by atoms with Crippen LogP contribution in [0.25, 0.3) is 0 Å². The molecular formula is C28H36N6O4S2. The minimum Gasteiger partial charge on any atom is -0.481 e. The summed E-state index contributed by atoms with van der Waals surface area (Å²) in [6.07, 6.45) is 0.558. The van der Waals surface area contributed by atoms with Gasteiger partial charge in [-0.25, -0.2) is 9.59 Å². The average molecular weight is 585 g/mol. The molecule has 0 fully saturated rings. The number of carbonyl (C=O) groups excluding carboxylic acids is 2. The first kappa shape index (κ1) is 32.2. The Morgan fingerprint density at radius 1 is 0.850 bits per heavy atom. The highest BCUT2D eigenvalue weighted by atomic mass is 32.2. The van der Waals surface area contributed by atoms with Crippen LogP contribution < -0.4 is 30.7 Å². The Kier molecular flexibility index (Phi) is 14.1. The molecule has 40 heavy (non-hydrogen) atoms. The van der Waals surface area contributed by atoms with Gasteiger partial charge in [0.25, 0.3) is 0 Å². The molecule has 3 aromatic rings. The van der Waals surface area contributed by atoms with E-state index in [0.717, 1.165) is 22.7 Å². The van der Waals surface area contributed by atoms with Gasteiger partial charge in [-0.05, 0) is 78.5 Å². The molecule has 4 amide bonds. The van der Waals surface area contributed by atoms with Crippen molar-refractivity contribution in [1.29, 1.82) is 0 Å². The Bertz CT molecular complexity index is 1240. The van der Waals surface area contributed by atoms with Crippen molar-refractivity contribution < 1.29 is 19.5 Å². The molecule has 1 unspecified atom stereocenters. The summed E-state index contributed by atoms with van der Waals surface area (Å²) in [4.78, 5) is 36.9. The van der Waals surface area contributed by atoms with Gasteiger partial charge in [0.1, 0.15) is 0 Å². The molecule has 3 aromatic carbocycles. The lowest BCUT2D eigenvalue weighted by Gasteiger charge is -2.19. The first-order valence-electron chi connectivity index (χ1n) is 12.8. The number of rotatable bonds is 12. The van der Waals surface area contributed by atoms with Crippen LogP contribution in [0.5, 0.6) is 0 Å². The van der Waals surface area contributed by atoms with E-state index in [9.17, 15) is 19.5 Å². The van der Waals surface area contributed by atoms with Crippen LogP contribution in [-0.4, -0.2) is 29.7 Å². The van der Waals surface area contributed by atoms with Gasteiger partial charge in [-0.2, -0.15) is 0 Å². The second kappa shape index (κ2) is 17.5. The van der Waals surface area contributed by atoms with Crippen molar-refractivity contribution in [2.45, 2.75) is 44.6 Å². The van der Waals surface area contributed by atoms with Gasteiger partial charge in [0, 0.05) is 34.2 Å². The zero-order chi connectivity index (χ0) is 29.3. The number of carbonyl (C=O) groups is 3. The predicted octanol–water partition coefficient (Wildman–Crippen LogP) is 6.96. The molecule has 0 spiro atoms. The number of benzene rings is 3. The van der Waals surface area contributed by atoms with E-state index in [2.05, 4.69) is 43.5 Å². The van der Waals surface area contributed by atoms with Crippen LogP contribution in [0.1, 0.15) is 45.2 Å². The number of urea groups is 2. The number of hydrogen-bond donors (Lipinski definition) is 8. The normalized spacial score (nSPS) is 10.7. The van der Waals surface area contributed by atoms with Crippen LogP contribution >= 0.6 is 24.8 Å². The Labute approximate surface area is 244 Å². The largest absolute Gasteiger partial charge is 0.481 e. The number of aliphatic carboxylic acids is 1. The molecule has 0 heterocycles. The Morgan fingerprint density at radius 2 is 1.50 bits per heavy atom. The van der Waals surface area contributed by atoms with Crippen molar-refractivity contribution >= 4 is 65.5 Å². The number of hydrogen-bond acceptors (Lipinski definition) is 7. The SMILES string of the molecule is CC.CCCNC(=O)Nc1cccc(SNc2cccc(C(CC(=O)O)NC(=O)Nc3ccc(NS)cc3)c2)c1. The molecular weight excluding hydrogens is 548 g/mol. The van der Waals surface area contributed by atoms with Gasteiger partial charge in [-0.3, -0.25) is 4.79 Å². The van der Waals surface area contributed by atoms with Crippen LogP contribution in [0, 0.1) is 0 Å². The molecule has 0 aliphatic carbocycles. The molecule has 0 aliphatic heterocycles. The fourth-order valence-electron chi connectivity index (χ4n) is 3.37. The summed E-state index contributed by atoms with van der Waals surface area (Å²) in [6, 6.07) is 19.9. The maximum Gasteiger partial charge on any atom is 0.319 e. The maximum atomic E-state index is 12.6. The molecule has 0 bridgehead atoms. The van der Waals surface area contributed by atoms with Gasteiger partial charge in [-0.15, -0.1) is 0 Å². The molecule has 0 saturated heterocycles. The highest BCUT2D eigenvalue weighted by molar-refractivity contribution is 8.00. The number of amides is 4. The Morgan fingerprint density at radius 3 is 2.17 bits per heavy atom. The van der Waals surface area contributed by atoms with E-state index in [1.54, 1.807) is 48.5 Å². The third-order valence-electron chi connectivity index (χ3n) is 5.16. The van der Waals surface area contributed by atoms with Gasteiger partial charge >= 0.3 is 18.0 Å². The summed E-state index contributed by atoms with van der Waals surface area (Å²) >= 11 is 5.31. The van der Waals surface area contributed by atoms with Crippen LogP contribution in [0.4, 0.5) is 32.3 Å². The highest BCUT2D eigenvalue weighted by Crippen LogP contribution is 2.27. The second-order valence-corrected chi connectivity index (χ2v) is 9.28. The topological polar surface area (TPSA) is 144 Å². The first-order valence-corrected chi connectivity index (χ1v) is 14.1. The van der Waals surface area contributed by atoms with Crippen molar-refractivity contribution in [2.24, 2.45) is 0 Å². The maximum absolute atomic E-state index is 12.6. The summed E-state index contributed by atoms with van der Waals surface area (Å²) in [6.45, 7) is 6.58. The van der Waals surface area contributed by atoms with E-state index in [4.69, 9.17) is 0 Å². The summed E-state index contributed by atoms with van der Waals surface area (Å²) < 4.78 is 5.93. The highest BCUT2D eigenvalue weighted by Gasteiger charge is 2.19. The summed E-state index contributed by atoms with van der Waals surface area (Å²) in [5.41, 5.74) is 3.33. The van der Waals surface area contributed by atoms with E-state index < -0.39 is 18.0 Å². The van der Waals surface area contributed by atoms with E-state index in [0.29, 0.717) is 23.5 Å². The third-order valence-corrected chi connectivity index (χ3v) is 6.24. The molecule has 7 N–H and O–H groups in total. The molecule has 0 radical (unpaired) electrons. The van der Waals surface area contributed by atoms with Crippen molar-refractivity contribution in [3.63, 3.8) is 0 Å². The number of thiol groups is 1. The zero-order valence-corrected chi connectivity index (χ0v) is 24.4. The van der Waals surface area contributed by atoms with E-state index in [1.807, 2.05) is 45.0 Å². The lowest BCUT2D eigenvalue weighted by Crippen LogP contribution is -2.33. The van der Waals surface area contributed by atoms with E-state index >= 15 is 0 Å². The van der Waals surface area contributed by atoms with E-state index in [-0.39, 0.29) is 12.5 Å². The molecule has 3 rings (SSSR count). The van der Waals surface area contributed by atoms with Gasteiger partial charge in [-0.1, -0.05) is 51.8 Å². The van der Waals surface area contributed by atoms with Gasteiger partial charge < -0.3 is 35.8 Å². The summed E-state index contributed by atoms with van der Waals surface area (Å²) in [5.74, 6) is -1.04. The lowest BCUT2D eigenvalue weighted by molar-refractivity contribution is -0.137. The predicted molar refractivity (Wildman–Crippen MR) is 167 cm³/mol. The fraction of sp³-hybridized carbons (Fsp3) is 0.250. The first-order chi connectivity index (χ1) is 19.4. The summed E-state index contributed by atoms with van der Waals surface area (Å²) in [5, 5.41) is 20.4. The van der Waals surface area contributed by atoms with Crippen LogP contribution in [0.3, 0.4) is 0 Å². The lowest BCUT2D eigenvalue weighted by atomic mass is 10.0. The molecule has 0 aliphatic rings. The quantitative estimate of drug-likeness (QED) is 0.0849. The van der Waals surface area contributed by atoms with Crippen LogP contribution in [0.2, 0.25) is 0 Å². The van der Waals surface area contributed by atoms with Gasteiger partial charge in [0.05, 0.1) is 12.5 Å². The van der Waals surface area contributed by atoms with E-state index in [1.165, 1.54) is 11.9 Å². The van der Waals surface area contributed by atoms with Gasteiger partial charge in [0.15, 0.2) is 0 Å². The van der Waals surface area contributed by atoms with Crippen molar-refractivity contribution in [3.8, 4) is 0 Å². The van der Waals surface area contributed by atoms with Crippen molar-refractivity contribution in [1.82, 2.24) is 10.6 Å². The Hall–Kier alpha value is -4.03. The van der Waals surface area contributed by atoms with Crippen LogP contribution in [0.15, 0.2) is 77.7 Å². The number of anilines is 4. The monoisotopic (exact) mass is 584 g/mol. The molecule has 12 heteroatoms. The van der Waals surface area contributed by atoms with Crippen LogP contribution in [-0.2, 0) is 4.79 Å². The molecule has 0 aromatic heterocycles. The number of carboxylic acids is 1. The minimum atomic E-state index is -1.04. The molecule has 10 nitrogen and oxygen atoms in total. The molecule has 214 valence electrons. The second-order valence-electron chi connectivity index (χ2n) is 8.18. The summed E-state index contributed by atoms with van der Waals surface area (Å²) in [7, 11) is 0. The zero-order valence-electron chi connectivity index (χ0n) is 22.7. The number of carboxylic acid groups (broad SMARTS) is 1. The van der Waals surface area contributed by atoms with Crippen molar-refractivity contribution in [2.75, 3.05) is 26.6 Å². The molecule has 1 atom stereocenters. The smallest absolute Gasteiger partial charge is 0.319 e. The van der Waals surface area contributed by atoms with Gasteiger partial charge in [0.2, 0.25) is 0 Å². The number of nitrogens with one attached hydrogen (secondary N) is 6. The van der Waals surface area contributed by atoms with Crippen molar-refractivity contribution in [3.05, 3.63) is 78.4 Å². The fourth-order valence-corrected chi connectivity index (χ4v) is 4.21. The third kappa shape index (κ3) is 11.4. The minimum absolute atomic E-state index is 0.262. The average Bonchev–Trinajstić information content (AvgIpc) is 2.96. The Balaban J connectivity index is 0.00000274. The standard InChI is InChI=1S/C26H30N6O4S2.C2H6/c1-2-13-27-25(35)29-20-6-4-8-22(15-20)38-32-21-7-3-5-17(14-21)23(16-24(33)34)30-26(36)28-18-9-11-19(31-37)12-10-18;1-2/h3-12,14-15,23,31-32,37H,2,13,16H2,1H3,(H,33,34)(H2,27,29,35)(H2,28,30,36);1-2H3. The molecule has 0 saturated carbocycles.